The minimum atomic E-state index is 0.489. The molecule has 0 saturated heterocycles. The van der Waals surface area contributed by atoms with E-state index in [0.717, 1.165) is 44.0 Å². The summed E-state index contributed by atoms with van der Waals surface area (Å²) in [5.41, 5.74) is 7.03. The third kappa shape index (κ3) is 4.60. The molecule has 0 radical (unpaired) electrons. The Morgan fingerprint density at radius 1 is 0.829 bits per heavy atom. The van der Waals surface area contributed by atoms with E-state index < -0.39 is 0 Å². The van der Waals surface area contributed by atoms with Crippen LogP contribution >= 0.6 is 23.1 Å². The van der Waals surface area contributed by atoms with Gasteiger partial charge in [-0.25, -0.2) is 9.97 Å². The Morgan fingerprint density at radius 3 is 2.49 bits per heavy atom. The van der Waals surface area contributed by atoms with Crippen LogP contribution in [0.3, 0.4) is 0 Å². The van der Waals surface area contributed by atoms with Gasteiger partial charge in [-0.2, -0.15) is 0 Å². The molecule has 6 aromatic rings. The molecule has 0 unspecified atom stereocenters. The van der Waals surface area contributed by atoms with Gasteiger partial charge in [-0.3, -0.25) is 0 Å². The van der Waals surface area contributed by atoms with E-state index in [1.165, 1.54) is 17.3 Å². The summed E-state index contributed by atoms with van der Waals surface area (Å²) in [6.45, 7) is 2.08. The molecule has 7 heteroatoms. The smallest absolute Gasteiger partial charge is 0.277 e. The number of benzene rings is 3. The van der Waals surface area contributed by atoms with Gasteiger partial charge in [0.25, 0.3) is 5.22 Å². The Balaban J connectivity index is 1.27. The summed E-state index contributed by atoms with van der Waals surface area (Å²) < 4.78 is 6.09. The lowest BCUT2D eigenvalue weighted by atomic mass is 10.0. The fourth-order valence-corrected chi connectivity index (χ4v) is 5.41. The van der Waals surface area contributed by atoms with E-state index >= 15 is 0 Å². The molecule has 0 spiro atoms. The number of hydrogen-bond acceptors (Lipinski definition) is 7. The molecule has 3 aromatic carbocycles. The number of thiazole rings is 1. The molecule has 35 heavy (non-hydrogen) atoms. The van der Waals surface area contributed by atoms with Crippen LogP contribution < -0.4 is 0 Å². The summed E-state index contributed by atoms with van der Waals surface area (Å²) in [5.74, 6) is 1.15. The summed E-state index contributed by atoms with van der Waals surface area (Å²) in [6.07, 6.45) is 0. The van der Waals surface area contributed by atoms with Crippen LogP contribution in [0.25, 0.3) is 44.2 Å². The molecule has 0 amide bonds. The Morgan fingerprint density at radius 2 is 1.63 bits per heavy atom. The van der Waals surface area contributed by atoms with Gasteiger partial charge in [-0.1, -0.05) is 90.1 Å². The second-order valence-electron chi connectivity index (χ2n) is 8.11. The molecule has 170 valence electrons. The SMILES string of the molecule is Cc1ccc(-c2cc(-c3nnc(SCc4csc(-c5ccccc5)n4)o3)c3ccccc3n2)cc1. The highest BCUT2D eigenvalue weighted by Gasteiger charge is 2.16. The maximum absolute atomic E-state index is 6.09. The van der Waals surface area contributed by atoms with Crippen LogP contribution in [-0.2, 0) is 5.75 Å². The molecule has 3 aromatic heterocycles. The first kappa shape index (κ1) is 21.7. The second-order valence-corrected chi connectivity index (χ2v) is 9.89. The van der Waals surface area contributed by atoms with Gasteiger partial charge in [0.2, 0.25) is 5.89 Å². The van der Waals surface area contributed by atoms with Crippen molar-refractivity contribution in [3.63, 3.8) is 0 Å². The van der Waals surface area contributed by atoms with E-state index in [1.54, 1.807) is 11.3 Å². The zero-order valence-corrected chi connectivity index (χ0v) is 20.5. The van der Waals surface area contributed by atoms with Crippen molar-refractivity contribution in [2.45, 2.75) is 17.9 Å². The van der Waals surface area contributed by atoms with E-state index in [-0.39, 0.29) is 0 Å². The normalized spacial score (nSPS) is 11.2. The van der Waals surface area contributed by atoms with Crippen LogP contribution in [0.5, 0.6) is 0 Å². The summed E-state index contributed by atoms with van der Waals surface area (Å²) in [4.78, 5) is 9.62. The standard InChI is InChI=1S/C28H20N4OS2/c1-18-11-13-19(14-12-18)25-15-23(22-9-5-6-10-24(22)30-25)26-31-32-28(33-26)35-17-21-16-34-27(29-21)20-7-3-2-4-8-20/h2-16H,17H2,1H3. The quantitative estimate of drug-likeness (QED) is 0.222. The summed E-state index contributed by atoms with van der Waals surface area (Å²) >= 11 is 3.14. The molecule has 0 N–H and O–H groups in total. The van der Waals surface area contributed by atoms with Crippen molar-refractivity contribution < 1.29 is 4.42 Å². The van der Waals surface area contributed by atoms with Crippen LogP contribution in [0.1, 0.15) is 11.3 Å². The van der Waals surface area contributed by atoms with Crippen LogP contribution in [0.15, 0.2) is 99.9 Å². The molecule has 0 aliphatic rings. The van der Waals surface area contributed by atoms with Gasteiger partial charge in [0.05, 0.1) is 22.5 Å². The Labute approximate surface area is 210 Å². The first-order chi connectivity index (χ1) is 17.2. The van der Waals surface area contributed by atoms with Gasteiger partial charge in [-0.05, 0) is 19.1 Å². The Hall–Kier alpha value is -3.81. The molecule has 0 fully saturated rings. The third-order valence-corrected chi connectivity index (χ3v) is 7.41. The fraction of sp³-hybridized carbons (Fsp3) is 0.0714. The number of para-hydroxylation sites is 1. The topological polar surface area (TPSA) is 64.7 Å². The van der Waals surface area contributed by atoms with Crippen molar-refractivity contribution in [2.75, 3.05) is 0 Å². The van der Waals surface area contributed by atoms with E-state index in [4.69, 9.17) is 14.4 Å². The zero-order valence-electron chi connectivity index (χ0n) is 18.9. The van der Waals surface area contributed by atoms with Gasteiger partial charge in [0.1, 0.15) is 5.01 Å². The monoisotopic (exact) mass is 492 g/mol. The summed E-state index contributed by atoms with van der Waals surface area (Å²) in [6, 6.07) is 28.6. The third-order valence-electron chi connectivity index (χ3n) is 5.62. The maximum Gasteiger partial charge on any atom is 0.277 e. The molecule has 0 atom stereocenters. The van der Waals surface area contributed by atoms with Crippen LogP contribution in [-0.4, -0.2) is 20.2 Å². The van der Waals surface area contributed by atoms with Crippen molar-refractivity contribution in [1.29, 1.82) is 0 Å². The number of rotatable bonds is 6. The fourth-order valence-electron chi connectivity index (χ4n) is 3.82. The number of fused-ring (bicyclic) bond motifs is 1. The first-order valence-electron chi connectivity index (χ1n) is 11.2. The highest BCUT2D eigenvalue weighted by Crippen LogP contribution is 2.34. The number of hydrogen-bond donors (Lipinski definition) is 0. The molecule has 0 aliphatic carbocycles. The molecular weight excluding hydrogens is 472 g/mol. The van der Waals surface area contributed by atoms with E-state index in [2.05, 4.69) is 58.9 Å². The van der Waals surface area contributed by atoms with Crippen molar-refractivity contribution in [2.24, 2.45) is 0 Å². The van der Waals surface area contributed by atoms with Crippen LogP contribution in [0.4, 0.5) is 0 Å². The van der Waals surface area contributed by atoms with E-state index in [1.807, 2.05) is 48.5 Å². The van der Waals surface area contributed by atoms with E-state index in [0.29, 0.717) is 16.9 Å². The highest BCUT2D eigenvalue weighted by atomic mass is 32.2. The average molecular weight is 493 g/mol. The number of pyridine rings is 1. The maximum atomic E-state index is 6.09. The molecular formula is C28H20N4OS2. The van der Waals surface area contributed by atoms with Crippen LogP contribution in [0.2, 0.25) is 0 Å². The van der Waals surface area contributed by atoms with Gasteiger partial charge in [-0.15, -0.1) is 21.5 Å². The average Bonchev–Trinajstić information content (AvgIpc) is 3.58. The van der Waals surface area contributed by atoms with Crippen molar-refractivity contribution in [3.05, 3.63) is 102 Å². The van der Waals surface area contributed by atoms with Crippen molar-refractivity contribution in [1.82, 2.24) is 20.2 Å². The minimum Gasteiger partial charge on any atom is -0.411 e. The predicted molar refractivity (Wildman–Crippen MR) is 142 cm³/mol. The van der Waals surface area contributed by atoms with Crippen molar-refractivity contribution >= 4 is 34.0 Å². The number of nitrogens with zero attached hydrogens (tertiary/aromatic N) is 4. The predicted octanol–water partition coefficient (Wildman–Crippen LogP) is 7.68. The minimum absolute atomic E-state index is 0.489. The lowest BCUT2D eigenvalue weighted by Gasteiger charge is -2.07. The van der Waals surface area contributed by atoms with Gasteiger partial charge in [0.15, 0.2) is 0 Å². The Bertz CT molecular complexity index is 1610. The van der Waals surface area contributed by atoms with Crippen molar-refractivity contribution in [3.8, 4) is 33.3 Å². The first-order valence-corrected chi connectivity index (χ1v) is 13.0. The van der Waals surface area contributed by atoms with Gasteiger partial charge < -0.3 is 4.42 Å². The molecule has 6 rings (SSSR count). The molecule has 0 saturated carbocycles. The number of aromatic nitrogens is 4. The number of thioether (sulfide) groups is 1. The zero-order chi connectivity index (χ0) is 23.6. The van der Waals surface area contributed by atoms with Gasteiger partial charge in [0, 0.05) is 27.6 Å². The second kappa shape index (κ2) is 9.44. The molecule has 3 heterocycles. The Kier molecular flexibility index (Phi) is 5.86. The molecule has 0 aliphatic heterocycles. The highest BCUT2D eigenvalue weighted by molar-refractivity contribution is 7.98. The molecule has 5 nitrogen and oxygen atoms in total. The van der Waals surface area contributed by atoms with Gasteiger partial charge >= 0.3 is 0 Å². The van der Waals surface area contributed by atoms with E-state index in [9.17, 15) is 0 Å². The summed E-state index contributed by atoms with van der Waals surface area (Å²) in [7, 11) is 0. The summed E-state index contributed by atoms with van der Waals surface area (Å²) in [5, 5.41) is 13.3. The van der Waals surface area contributed by atoms with Crippen LogP contribution in [0, 0.1) is 6.92 Å². The largest absolute Gasteiger partial charge is 0.411 e. The molecule has 0 bridgehead atoms. The lowest BCUT2D eigenvalue weighted by molar-refractivity contribution is 0.466. The number of aryl methyl sites for hydroxylation is 1. The lowest BCUT2D eigenvalue weighted by Crippen LogP contribution is -1.90.